The lowest BCUT2D eigenvalue weighted by Gasteiger charge is -2.20. The molecule has 2 rings (SSSR count). The van der Waals surface area contributed by atoms with E-state index in [4.69, 9.17) is 18.9 Å². The Labute approximate surface area is 134 Å². The highest BCUT2D eigenvalue weighted by Crippen LogP contribution is 2.32. The number of hydrogen-bond acceptors (Lipinski definition) is 7. The van der Waals surface area contributed by atoms with Crippen LogP contribution in [0.4, 0.5) is 0 Å². The summed E-state index contributed by atoms with van der Waals surface area (Å²) in [7, 11) is 0. The fourth-order valence-corrected chi connectivity index (χ4v) is 2.36. The SMILES string of the molecule is CC(=O)O[C@@H](C)[C@@H](/C=C/[C@@H]1O[C@H]1[C@H]1CC=CC(=O)O1)OC(C)=O. The Kier molecular flexibility index (Phi) is 5.54. The Morgan fingerprint density at radius 3 is 2.61 bits per heavy atom. The summed E-state index contributed by atoms with van der Waals surface area (Å²) in [5.41, 5.74) is 0. The molecular weight excluding hydrogens is 304 g/mol. The zero-order chi connectivity index (χ0) is 17.0. The third kappa shape index (κ3) is 5.21. The van der Waals surface area contributed by atoms with Gasteiger partial charge in [0.15, 0.2) is 6.10 Å². The molecule has 7 nitrogen and oxygen atoms in total. The molecule has 2 aliphatic rings. The zero-order valence-corrected chi connectivity index (χ0v) is 13.3. The number of cyclic esters (lactones) is 1. The first-order valence-corrected chi connectivity index (χ1v) is 7.42. The first-order chi connectivity index (χ1) is 10.9. The van der Waals surface area contributed by atoms with Crippen molar-refractivity contribution in [3.05, 3.63) is 24.3 Å². The van der Waals surface area contributed by atoms with E-state index in [1.807, 2.05) is 0 Å². The number of carbonyl (C=O) groups excluding carboxylic acids is 3. The van der Waals surface area contributed by atoms with Gasteiger partial charge in [-0.05, 0) is 13.0 Å². The molecule has 0 radical (unpaired) electrons. The van der Waals surface area contributed by atoms with Gasteiger partial charge in [-0.3, -0.25) is 9.59 Å². The molecule has 0 saturated carbocycles. The highest BCUT2D eigenvalue weighted by atomic mass is 16.6. The van der Waals surface area contributed by atoms with E-state index < -0.39 is 24.1 Å². The standard InChI is InChI=1S/C16H20O7/c1-9(20-10(2)17)12(21-11(3)18)7-8-14-16(23-14)13-5-4-6-15(19)22-13/h4,6-9,12-14,16H,5H2,1-3H3/b8-7+/t9-,12+,13+,14-,16-/m0/s1. The molecule has 0 aromatic carbocycles. The summed E-state index contributed by atoms with van der Waals surface area (Å²) in [6, 6.07) is 0. The van der Waals surface area contributed by atoms with Gasteiger partial charge in [0.2, 0.25) is 0 Å². The van der Waals surface area contributed by atoms with Crippen molar-refractivity contribution in [1.29, 1.82) is 0 Å². The van der Waals surface area contributed by atoms with E-state index in [1.54, 1.807) is 25.2 Å². The van der Waals surface area contributed by atoms with E-state index in [0.717, 1.165) is 0 Å². The van der Waals surface area contributed by atoms with E-state index in [9.17, 15) is 14.4 Å². The van der Waals surface area contributed by atoms with E-state index in [0.29, 0.717) is 6.42 Å². The van der Waals surface area contributed by atoms with Gasteiger partial charge in [-0.15, -0.1) is 0 Å². The monoisotopic (exact) mass is 324 g/mol. The van der Waals surface area contributed by atoms with Crippen LogP contribution in [0.2, 0.25) is 0 Å². The van der Waals surface area contributed by atoms with Crippen molar-refractivity contribution < 1.29 is 33.3 Å². The molecule has 126 valence electrons. The Morgan fingerprint density at radius 1 is 1.30 bits per heavy atom. The molecular formula is C16H20O7. The average Bonchev–Trinajstić information content (AvgIpc) is 3.21. The molecule has 1 saturated heterocycles. The van der Waals surface area contributed by atoms with E-state index >= 15 is 0 Å². The Bertz CT molecular complexity index is 537. The molecule has 0 N–H and O–H groups in total. The molecule has 0 unspecified atom stereocenters. The lowest BCUT2D eigenvalue weighted by molar-refractivity contribution is -0.160. The largest absolute Gasteiger partial charge is 0.459 e. The van der Waals surface area contributed by atoms with Crippen LogP contribution in [0.25, 0.3) is 0 Å². The second kappa shape index (κ2) is 7.41. The second-order valence-corrected chi connectivity index (χ2v) is 5.45. The van der Waals surface area contributed by atoms with Crippen LogP contribution in [0.15, 0.2) is 24.3 Å². The van der Waals surface area contributed by atoms with Gasteiger partial charge in [-0.25, -0.2) is 4.79 Å². The Balaban J connectivity index is 1.90. The van der Waals surface area contributed by atoms with Gasteiger partial charge in [0.05, 0.1) is 0 Å². The molecule has 0 aliphatic carbocycles. The summed E-state index contributed by atoms with van der Waals surface area (Å²) >= 11 is 0. The van der Waals surface area contributed by atoms with Crippen molar-refractivity contribution in [2.24, 2.45) is 0 Å². The number of esters is 3. The number of ether oxygens (including phenoxy) is 4. The van der Waals surface area contributed by atoms with Gasteiger partial charge in [-0.2, -0.15) is 0 Å². The second-order valence-electron chi connectivity index (χ2n) is 5.45. The van der Waals surface area contributed by atoms with Crippen LogP contribution in [0.1, 0.15) is 27.2 Å². The topological polar surface area (TPSA) is 91.4 Å². The van der Waals surface area contributed by atoms with Crippen LogP contribution in [-0.4, -0.2) is 48.4 Å². The molecule has 7 heteroatoms. The molecule has 0 spiro atoms. The lowest BCUT2D eigenvalue weighted by atomic mass is 10.1. The molecule has 0 aromatic rings. The maximum Gasteiger partial charge on any atom is 0.330 e. The van der Waals surface area contributed by atoms with Gasteiger partial charge in [0, 0.05) is 26.3 Å². The van der Waals surface area contributed by atoms with Gasteiger partial charge in [-0.1, -0.05) is 12.2 Å². The maximum atomic E-state index is 11.2. The third-order valence-corrected chi connectivity index (χ3v) is 3.42. The molecule has 0 bridgehead atoms. The quantitative estimate of drug-likeness (QED) is 0.312. The van der Waals surface area contributed by atoms with Gasteiger partial charge in [0.25, 0.3) is 0 Å². The Morgan fingerprint density at radius 2 is 2.00 bits per heavy atom. The molecule has 0 aromatic heterocycles. The van der Waals surface area contributed by atoms with Crippen LogP contribution in [-0.2, 0) is 33.3 Å². The summed E-state index contributed by atoms with van der Waals surface area (Å²) in [5, 5.41) is 0. The predicted molar refractivity (Wildman–Crippen MR) is 78.2 cm³/mol. The average molecular weight is 324 g/mol. The summed E-state index contributed by atoms with van der Waals surface area (Å²) in [4.78, 5) is 33.4. The lowest BCUT2D eigenvalue weighted by Crippen LogP contribution is -2.30. The van der Waals surface area contributed by atoms with Crippen molar-refractivity contribution in [3.63, 3.8) is 0 Å². The number of epoxide rings is 1. The number of carbonyl (C=O) groups is 3. The molecule has 2 heterocycles. The zero-order valence-electron chi connectivity index (χ0n) is 13.3. The van der Waals surface area contributed by atoms with Gasteiger partial charge in [0.1, 0.15) is 24.4 Å². The predicted octanol–water partition coefficient (Wildman–Crippen LogP) is 1.06. The minimum atomic E-state index is -0.699. The molecule has 2 aliphatic heterocycles. The van der Waals surface area contributed by atoms with Crippen molar-refractivity contribution in [3.8, 4) is 0 Å². The highest BCUT2D eigenvalue weighted by Gasteiger charge is 2.45. The molecule has 1 fully saturated rings. The maximum absolute atomic E-state index is 11.2. The minimum absolute atomic E-state index is 0.206. The minimum Gasteiger partial charge on any atom is -0.459 e. The number of rotatable bonds is 6. The molecule has 5 atom stereocenters. The van der Waals surface area contributed by atoms with Crippen molar-refractivity contribution in [2.45, 2.75) is 57.7 Å². The smallest absolute Gasteiger partial charge is 0.330 e. The van der Waals surface area contributed by atoms with Crippen molar-refractivity contribution >= 4 is 17.9 Å². The first kappa shape index (κ1) is 17.2. The summed E-state index contributed by atoms with van der Waals surface area (Å²) < 4.78 is 20.8. The van der Waals surface area contributed by atoms with Crippen molar-refractivity contribution in [1.82, 2.24) is 0 Å². The highest BCUT2D eigenvalue weighted by molar-refractivity contribution is 5.82. The molecule has 23 heavy (non-hydrogen) atoms. The van der Waals surface area contributed by atoms with Crippen LogP contribution < -0.4 is 0 Å². The van der Waals surface area contributed by atoms with Crippen LogP contribution >= 0.6 is 0 Å². The first-order valence-electron chi connectivity index (χ1n) is 7.42. The normalized spacial score (nSPS) is 28.8. The van der Waals surface area contributed by atoms with E-state index in [1.165, 1.54) is 19.9 Å². The van der Waals surface area contributed by atoms with Crippen molar-refractivity contribution in [2.75, 3.05) is 0 Å². The van der Waals surface area contributed by atoms with E-state index in [-0.39, 0.29) is 24.3 Å². The van der Waals surface area contributed by atoms with Crippen LogP contribution in [0.3, 0.4) is 0 Å². The Hall–Kier alpha value is -2.15. The fraction of sp³-hybridized carbons (Fsp3) is 0.562. The summed E-state index contributed by atoms with van der Waals surface area (Å²) in [5.74, 6) is -1.30. The third-order valence-electron chi connectivity index (χ3n) is 3.42. The number of hydrogen-bond donors (Lipinski definition) is 0. The van der Waals surface area contributed by atoms with Gasteiger partial charge >= 0.3 is 17.9 Å². The van der Waals surface area contributed by atoms with Crippen LogP contribution in [0, 0.1) is 0 Å². The fourth-order valence-electron chi connectivity index (χ4n) is 2.36. The van der Waals surface area contributed by atoms with Crippen LogP contribution in [0.5, 0.6) is 0 Å². The van der Waals surface area contributed by atoms with E-state index in [2.05, 4.69) is 0 Å². The molecule has 0 amide bonds. The summed E-state index contributed by atoms with van der Waals surface area (Å²) in [6.45, 7) is 4.21. The van der Waals surface area contributed by atoms with Gasteiger partial charge < -0.3 is 18.9 Å². The summed E-state index contributed by atoms with van der Waals surface area (Å²) in [6.07, 6.45) is 5.06.